The summed E-state index contributed by atoms with van der Waals surface area (Å²) in [6.45, 7) is 6.29. The topological polar surface area (TPSA) is 85.8 Å². The molecule has 2 amide bonds. The van der Waals surface area contributed by atoms with E-state index in [4.69, 9.17) is 11.6 Å². The first-order valence-corrected chi connectivity index (χ1v) is 9.58. The van der Waals surface area contributed by atoms with E-state index in [2.05, 4.69) is 20.9 Å². The lowest BCUT2D eigenvalue weighted by Crippen LogP contribution is -2.47. The minimum absolute atomic E-state index is 0.0189. The average Bonchev–Trinajstić information content (AvgIpc) is 3.12. The van der Waals surface area contributed by atoms with Crippen molar-refractivity contribution in [2.45, 2.75) is 26.3 Å². The van der Waals surface area contributed by atoms with Crippen molar-refractivity contribution >= 4 is 29.4 Å². The van der Waals surface area contributed by atoms with Crippen molar-refractivity contribution in [3.8, 4) is 0 Å². The van der Waals surface area contributed by atoms with E-state index in [0.29, 0.717) is 36.2 Å². The summed E-state index contributed by atoms with van der Waals surface area (Å²) in [6, 6.07) is 6.94. The normalized spacial score (nSPS) is 17.1. The molecule has 1 saturated heterocycles. The van der Waals surface area contributed by atoms with Gasteiger partial charge in [-0.2, -0.15) is 0 Å². The maximum absolute atomic E-state index is 12.1. The average molecular weight is 394 g/mol. The molecule has 27 heavy (non-hydrogen) atoms. The van der Waals surface area contributed by atoms with Gasteiger partial charge in [-0.05, 0) is 30.7 Å². The maximum Gasteiger partial charge on any atom is 0.251 e. The number of benzene rings is 1. The Balaban J connectivity index is 1.69. The fourth-order valence-electron chi connectivity index (χ4n) is 2.89. The number of nitrogens with zero attached hydrogens (tertiary/aromatic N) is 2. The quantitative estimate of drug-likeness (QED) is 0.388. The van der Waals surface area contributed by atoms with Crippen molar-refractivity contribution in [2.24, 2.45) is 10.9 Å². The van der Waals surface area contributed by atoms with Crippen molar-refractivity contribution in [1.82, 2.24) is 20.9 Å². The summed E-state index contributed by atoms with van der Waals surface area (Å²) in [5, 5.41) is 9.96. The molecule has 2 rings (SSSR count). The molecule has 0 aromatic heterocycles. The highest BCUT2D eigenvalue weighted by molar-refractivity contribution is 6.30. The van der Waals surface area contributed by atoms with Gasteiger partial charge in [0.15, 0.2) is 5.96 Å². The molecule has 148 valence electrons. The van der Waals surface area contributed by atoms with Crippen molar-refractivity contribution in [2.75, 3.05) is 33.2 Å². The molecule has 3 N–H and O–H groups in total. The third-order valence-corrected chi connectivity index (χ3v) is 4.62. The van der Waals surface area contributed by atoms with E-state index in [1.165, 1.54) is 0 Å². The molecule has 1 aromatic carbocycles. The molecule has 1 aromatic rings. The van der Waals surface area contributed by atoms with Gasteiger partial charge in [0.05, 0.1) is 0 Å². The number of amides is 2. The zero-order valence-corrected chi connectivity index (χ0v) is 16.8. The van der Waals surface area contributed by atoms with Gasteiger partial charge >= 0.3 is 0 Å². The molecule has 1 atom stereocenters. The summed E-state index contributed by atoms with van der Waals surface area (Å²) in [5.41, 5.74) is 0.572. The number of hydrogen-bond donors (Lipinski definition) is 3. The van der Waals surface area contributed by atoms with Crippen LogP contribution in [0.3, 0.4) is 0 Å². The van der Waals surface area contributed by atoms with Crippen molar-refractivity contribution in [3.63, 3.8) is 0 Å². The fraction of sp³-hybridized carbons (Fsp3) is 0.526. The second-order valence-electron chi connectivity index (χ2n) is 6.83. The van der Waals surface area contributed by atoms with Crippen molar-refractivity contribution in [3.05, 3.63) is 34.9 Å². The third kappa shape index (κ3) is 6.43. The molecule has 8 heteroatoms. The van der Waals surface area contributed by atoms with E-state index in [1.54, 1.807) is 31.3 Å². The van der Waals surface area contributed by atoms with Crippen LogP contribution in [-0.4, -0.2) is 61.9 Å². The number of halogens is 1. The molecule has 0 bridgehead atoms. The molecule has 0 aliphatic carbocycles. The highest BCUT2D eigenvalue weighted by atomic mass is 35.5. The van der Waals surface area contributed by atoms with Crippen LogP contribution in [0.1, 0.15) is 30.6 Å². The van der Waals surface area contributed by atoms with Crippen LogP contribution in [0.25, 0.3) is 0 Å². The standard InChI is InChI=1S/C19H28ClN5O2/c1-13(2)18(27)25-11-8-16(12-25)24-19(21-3)23-10-9-22-17(26)14-4-6-15(20)7-5-14/h4-7,13,16H,8-12H2,1-3H3,(H,22,26)(H2,21,23,24). The second kappa shape index (κ2) is 10.2. The SMILES string of the molecule is CN=C(NCCNC(=O)c1ccc(Cl)cc1)NC1CCN(C(=O)C(C)C)C1. The third-order valence-electron chi connectivity index (χ3n) is 4.37. The number of rotatable bonds is 6. The monoisotopic (exact) mass is 393 g/mol. The van der Waals surface area contributed by atoms with E-state index >= 15 is 0 Å². The molecule has 1 aliphatic rings. The number of hydrogen-bond acceptors (Lipinski definition) is 3. The Kier molecular flexibility index (Phi) is 7.91. The molecule has 1 fully saturated rings. The summed E-state index contributed by atoms with van der Waals surface area (Å²) in [7, 11) is 1.70. The molecular formula is C19H28ClN5O2. The maximum atomic E-state index is 12.1. The number of carbonyl (C=O) groups excluding carboxylic acids is 2. The highest BCUT2D eigenvalue weighted by Crippen LogP contribution is 2.12. The lowest BCUT2D eigenvalue weighted by atomic mass is 10.2. The van der Waals surface area contributed by atoms with Gasteiger partial charge in [0.2, 0.25) is 5.91 Å². The first kappa shape index (κ1) is 21.0. The van der Waals surface area contributed by atoms with Gasteiger partial charge in [0.25, 0.3) is 5.91 Å². The second-order valence-corrected chi connectivity index (χ2v) is 7.27. The summed E-state index contributed by atoms with van der Waals surface area (Å²) >= 11 is 5.82. The largest absolute Gasteiger partial charge is 0.355 e. The Morgan fingerprint density at radius 3 is 2.52 bits per heavy atom. The van der Waals surface area contributed by atoms with E-state index in [1.807, 2.05) is 18.7 Å². The van der Waals surface area contributed by atoms with Gasteiger partial charge in [0.1, 0.15) is 0 Å². The van der Waals surface area contributed by atoms with Crippen LogP contribution in [0.15, 0.2) is 29.3 Å². The molecular weight excluding hydrogens is 366 g/mol. The summed E-state index contributed by atoms with van der Waals surface area (Å²) < 4.78 is 0. The van der Waals surface area contributed by atoms with E-state index < -0.39 is 0 Å². The molecule has 0 radical (unpaired) electrons. The van der Waals surface area contributed by atoms with Gasteiger partial charge in [0, 0.05) is 55.8 Å². The van der Waals surface area contributed by atoms with Crippen molar-refractivity contribution < 1.29 is 9.59 Å². The van der Waals surface area contributed by atoms with Gasteiger partial charge in [-0.1, -0.05) is 25.4 Å². The molecule has 0 saturated carbocycles. The zero-order valence-electron chi connectivity index (χ0n) is 16.1. The van der Waals surface area contributed by atoms with Gasteiger partial charge in [-0.3, -0.25) is 14.6 Å². The van der Waals surface area contributed by atoms with Gasteiger partial charge < -0.3 is 20.9 Å². The van der Waals surface area contributed by atoms with E-state index in [9.17, 15) is 9.59 Å². The Morgan fingerprint density at radius 2 is 1.89 bits per heavy atom. The summed E-state index contributed by atoms with van der Waals surface area (Å²) in [5.74, 6) is 0.729. The smallest absolute Gasteiger partial charge is 0.251 e. The number of carbonyl (C=O) groups is 2. The van der Waals surface area contributed by atoms with Gasteiger partial charge in [-0.15, -0.1) is 0 Å². The first-order valence-electron chi connectivity index (χ1n) is 9.20. The molecule has 1 heterocycles. The van der Waals surface area contributed by atoms with Crippen LogP contribution in [0.4, 0.5) is 0 Å². The van der Waals surface area contributed by atoms with E-state index in [-0.39, 0.29) is 23.8 Å². The lowest BCUT2D eigenvalue weighted by molar-refractivity contribution is -0.133. The summed E-state index contributed by atoms with van der Waals surface area (Å²) in [6.07, 6.45) is 0.895. The summed E-state index contributed by atoms with van der Waals surface area (Å²) in [4.78, 5) is 30.2. The Hall–Kier alpha value is -2.28. The molecule has 1 unspecified atom stereocenters. The van der Waals surface area contributed by atoms with Crippen LogP contribution >= 0.6 is 11.6 Å². The minimum Gasteiger partial charge on any atom is -0.355 e. The minimum atomic E-state index is -0.143. The Morgan fingerprint density at radius 1 is 1.22 bits per heavy atom. The van der Waals surface area contributed by atoms with E-state index in [0.717, 1.165) is 13.0 Å². The number of nitrogens with one attached hydrogen (secondary N) is 3. The van der Waals surface area contributed by atoms with Crippen LogP contribution < -0.4 is 16.0 Å². The first-order chi connectivity index (χ1) is 12.9. The number of guanidine groups is 1. The molecule has 7 nitrogen and oxygen atoms in total. The highest BCUT2D eigenvalue weighted by Gasteiger charge is 2.27. The van der Waals surface area contributed by atoms with Crippen LogP contribution in [0.2, 0.25) is 5.02 Å². The predicted molar refractivity (Wildman–Crippen MR) is 108 cm³/mol. The van der Waals surface area contributed by atoms with Crippen molar-refractivity contribution in [1.29, 1.82) is 0 Å². The molecule has 0 spiro atoms. The Bertz CT molecular complexity index is 675. The Labute approximate surface area is 165 Å². The fourth-order valence-corrected chi connectivity index (χ4v) is 3.02. The number of aliphatic imine (C=N–C) groups is 1. The van der Waals surface area contributed by atoms with Crippen LogP contribution in [0.5, 0.6) is 0 Å². The van der Waals surface area contributed by atoms with Crippen LogP contribution in [0, 0.1) is 5.92 Å². The lowest BCUT2D eigenvalue weighted by Gasteiger charge is -2.20. The van der Waals surface area contributed by atoms with Crippen LogP contribution in [-0.2, 0) is 4.79 Å². The van der Waals surface area contributed by atoms with Gasteiger partial charge in [-0.25, -0.2) is 0 Å². The zero-order chi connectivity index (χ0) is 19.8. The predicted octanol–water partition coefficient (Wildman–Crippen LogP) is 1.49. The number of likely N-dealkylation sites (tertiary alicyclic amines) is 1. The molecule has 1 aliphatic heterocycles.